The Balaban J connectivity index is 1.79. The van der Waals surface area contributed by atoms with Crippen LogP contribution in [-0.2, 0) is 0 Å². The van der Waals surface area contributed by atoms with Crippen LogP contribution in [0.25, 0.3) is 0 Å². The quantitative estimate of drug-likeness (QED) is 0.860. The zero-order valence-corrected chi connectivity index (χ0v) is 15.8. The second-order valence-electron chi connectivity index (χ2n) is 7.09. The average molecular weight is 355 g/mol. The fraction of sp³-hybridized carbons (Fsp3) is 0.381. The Kier molecular flexibility index (Phi) is 4.81. The van der Waals surface area contributed by atoms with Crippen molar-refractivity contribution >= 4 is 5.91 Å². The molecule has 1 N–H and O–H groups in total. The van der Waals surface area contributed by atoms with Crippen LogP contribution < -0.4 is 19.5 Å². The first-order chi connectivity index (χ1) is 12.4. The van der Waals surface area contributed by atoms with Gasteiger partial charge in [0.15, 0.2) is 0 Å². The molecule has 0 saturated heterocycles. The van der Waals surface area contributed by atoms with Gasteiger partial charge in [0.2, 0.25) is 0 Å². The van der Waals surface area contributed by atoms with Gasteiger partial charge in [-0.1, -0.05) is 26.0 Å². The number of hydrogen-bond acceptors (Lipinski definition) is 4. The first-order valence-electron chi connectivity index (χ1n) is 8.59. The standard InChI is InChI=1S/C21H25NO4/c1-21(2)18(13-6-8-14(24-3)9-7-13)19(21)22-20(23)16-12-15(25-4)10-11-17(16)26-5/h6-12,18-19H,1-5H3,(H,22,23)/t18-,19-/m1/s1. The van der Waals surface area contributed by atoms with Crippen molar-refractivity contribution in [2.75, 3.05) is 21.3 Å². The van der Waals surface area contributed by atoms with E-state index in [-0.39, 0.29) is 23.3 Å². The van der Waals surface area contributed by atoms with E-state index in [9.17, 15) is 4.79 Å². The van der Waals surface area contributed by atoms with Gasteiger partial charge in [0, 0.05) is 12.0 Å². The molecule has 0 unspecified atom stereocenters. The van der Waals surface area contributed by atoms with Crippen molar-refractivity contribution in [3.05, 3.63) is 53.6 Å². The largest absolute Gasteiger partial charge is 0.497 e. The topological polar surface area (TPSA) is 56.8 Å². The summed E-state index contributed by atoms with van der Waals surface area (Å²) in [4.78, 5) is 12.8. The minimum absolute atomic E-state index is 0.0175. The highest BCUT2D eigenvalue weighted by Gasteiger charge is 2.59. The van der Waals surface area contributed by atoms with Crippen molar-refractivity contribution in [3.8, 4) is 17.2 Å². The number of rotatable bonds is 6. The maximum atomic E-state index is 12.8. The highest BCUT2D eigenvalue weighted by molar-refractivity contribution is 5.98. The molecule has 1 aliphatic carbocycles. The predicted octanol–water partition coefficient (Wildman–Crippen LogP) is 3.63. The number of amides is 1. The molecule has 0 spiro atoms. The van der Waals surface area contributed by atoms with Crippen LogP contribution in [0.4, 0.5) is 0 Å². The van der Waals surface area contributed by atoms with Crippen LogP contribution in [-0.4, -0.2) is 33.3 Å². The van der Waals surface area contributed by atoms with Gasteiger partial charge in [-0.25, -0.2) is 0 Å². The molecular formula is C21H25NO4. The number of carbonyl (C=O) groups excluding carboxylic acids is 1. The molecule has 26 heavy (non-hydrogen) atoms. The lowest BCUT2D eigenvalue weighted by atomic mass is 10.0. The molecule has 3 rings (SSSR count). The van der Waals surface area contributed by atoms with Gasteiger partial charge in [0.05, 0.1) is 26.9 Å². The van der Waals surface area contributed by atoms with Crippen molar-refractivity contribution in [1.82, 2.24) is 5.32 Å². The number of methoxy groups -OCH3 is 3. The number of benzene rings is 2. The summed E-state index contributed by atoms with van der Waals surface area (Å²) in [7, 11) is 4.79. The number of ether oxygens (including phenoxy) is 3. The molecule has 1 aliphatic rings. The normalized spacial score (nSPS) is 20.2. The molecule has 5 nitrogen and oxygen atoms in total. The van der Waals surface area contributed by atoms with Gasteiger partial charge in [-0.2, -0.15) is 0 Å². The highest BCUT2D eigenvalue weighted by atomic mass is 16.5. The van der Waals surface area contributed by atoms with Crippen LogP contribution in [0.1, 0.15) is 35.7 Å². The zero-order valence-electron chi connectivity index (χ0n) is 15.8. The van der Waals surface area contributed by atoms with E-state index in [1.807, 2.05) is 12.1 Å². The minimum atomic E-state index is -0.158. The van der Waals surface area contributed by atoms with Crippen molar-refractivity contribution < 1.29 is 19.0 Å². The minimum Gasteiger partial charge on any atom is -0.497 e. The SMILES string of the molecule is COc1ccc([C@@H]2[C@@H](NC(=O)c3cc(OC)ccc3OC)C2(C)C)cc1. The van der Waals surface area contributed by atoms with E-state index in [1.54, 1.807) is 39.5 Å². The molecule has 1 amide bonds. The lowest BCUT2D eigenvalue weighted by Crippen LogP contribution is -2.29. The molecule has 1 fully saturated rings. The molecule has 0 aromatic heterocycles. The van der Waals surface area contributed by atoms with Crippen molar-refractivity contribution in [1.29, 1.82) is 0 Å². The fourth-order valence-electron chi connectivity index (χ4n) is 3.55. The molecule has 2 aromatic rings. The van der Waals surface area contributed by atoms with Gasteiger partial charge >= 0.3 is 0 Å². The Bertz CT molecular complexity index is 798. The van der Waals surface area contributed by atoms with Gasteiger partial charge in [-0.05, 0) is 41.3 Å². The van der Waals surface area contributed by atoms with E-state index in [2.05, 4.69) is 31.3 Å². The third kappa shape index (κ3) is 3.21. The summed E-state index contributed by atoms with van der Waals surface area (Å²) >= 11 is 0. The molecule has 0 aliphatic heterocycles. The molecule has 0 radical (unpaired) electrons. The third-order valence-electron chi connectivity index (χ3n) is 5.24. The molecule has 138 valence electrons. The van der Waals surface area contributed by atoms with Crippen molar-refractivity contribution in [2.45, 2.75) is 25.8 Å². The first-order valence-corrected chi connectivity index (χ1v) is 8.59. The fourth-order valence-corrected chi connectivity index (χ4v) is 3.55. The summed E-state index contributed by atoms with van der Waals surface area (Å²) in [5, 5.41) is 3.16. The number of hydrogen-bond donors (Lipinski definition) is 1. The molecule has 2 aromatic carbocycles. The van der Waals surface area contributed by atoms with E-state index in [0.717, 1.165) is 5.75 Å². The summed E-state index contributed by atoms with van der Waals surface area (Å²) in [6, 6.07) is 13.3. The van der Waals surface area contributed by atoms with Crippen LogP contribution in [0.5, 0.6) is 17.2 Å². The number of nitrogens with one attached hydrogen (secondary N) is 1. The van der Waals surface area contributed by atoms with E-state index in [1.165, 1.54) is 5.56 Å². The summed E-state index contributed by atoms with van der Waals surface area (Å²) in [5.74, 6) is 2.08. The lowest BCUT2D eigenvalue weighted by molar-refractivity contribution is 0.0942. The average Bonchev–Trinajstić information content (AvgIpc) is 3.20. The van der Waals surface area contributed by atoms with Crippen molar-refractivity contribution in [2.24, 2.45) is 5.41 Å². The van der Waals surface area contributed by atoms with E-state index < -0.39 is 0 Å². The molecule has 2 atom stereocenters. The second-order valence-corrected chi connectivity index (χ2v) is 7.09. The zero-order chi connectivity index (χ0) is 18.9. The Hall–Kier alpha value is -2.69. The van der Waals surface area contributed by atoms with Gasteiger partial charge in [0.25, 0.3) is 5.91 Å². The van der Waals surface area contributed by atoms with Crippen LogP contribution in [0.3, 0.4) is 0 Å². The molecule has 1 saturated carbocycles. The molecular weight excluding hydrogens is 330 g/mol. The maximum absolute atomic E-state index is 12.8. The van der Waals surface area contributed by atoms with Crippen molar-refractivity contribution in [3.63, 3.8) is 0 Å². The second kappa shape index (κ2) is 6.90. The van der Waals surface area contributed by atoms with E-state index >= 15 is 0 Å². The Morgan fingerprint density at radius 1 is 0.923 bits per heavy atom. The van der Waals surface area contributed by atoms with Gasteiger partial charge < -0.3 is 19.5 Å². The Labute approximate surface area is 154 Å². The van der Waals surface area contributed by atoms with Crippen LogP contribution in [0.15, 0.2) is 42.5 Å². The monoisotopic (exact) mass is 355 g/mol. The highest BCUT2D eigenvalue weighted by Crippen LogP contribution is 2.58. The van der Waals surface area contributed by atoms with Gasteiger partial charge in [-0.15, -0.1) is 0 Å². The summed E-state index contributed by atoms with van der Waals surface area (Å²) in [5.41, 5.74) is 1.65. The van der Waals surface area contributed by atoms with Crippen LogP contribution in [0.2, 0.25) is 0 Å². The van der Waals surface area contributed by atoms with Gasteiger partial charge in [0.1, 0.15) is 17.2 Å². The Morgan fingerprint density at radius 2 is 1.54 bits per heavy atom. The first kappa shape index (κ1) is 18.1. The van der Waals surface area contributed by atoms with Crippen LogP contribution >= 0.6 is 0 Å². The summed E-state index contributed by atoms with van der Waals surface area (Å²) < 4.78 is 15.8. The summed E-state index contributed by atoms with van der Waals surface area (Å²) in [6.45, 7) is 4.32. The van der Waals surface area contributed by atoms with Gasteiger partial charge in [-0.3, -0.25) is 4.79 Å². The molecule has 5 heteroatoms. The Morgan fingerprint density at radius 3 is 2.12 bits per heavy atom. The van der Waals surface area contributed by atoms with E-state index in [4.69, 9.17) is 14.2 Å². The van der Waals surface area contributed by atoms with E-state index in [0.29, 0.717) is 17.1 Å². The molecule has 0 heterocycles. The third-order valence-corrected chi connectivity index (χ3v) is 5.24. The molecule has 0 bridgehead atoms. The van der Waals surface area contributed by atoms with Crippen LogP contribution in [0, 0.1) is 5.41 Å². The smallest absolute Gasteiger partial charge is 0.255 e. The maximum Gasteiger partial charge on any atom is 0.255 e. The predicted molar refractivity (Wildman–Crippen MR) is 100 cm³/mol. The number of carbonyl (C=O) groups is 1. The lowest BCUT2D eigenvalue weighted by Gasteiger charge is -2.11. The summed E-state index contributed by atoms with van der Waals surface area (Å²) in [6.07, 6.45) is 0.